The molecule has 0 spiro atoms. The highest BCUT2D eigenvalue weighted by Crippen LogP contribution is 2.46. The fourth-order valence-corrected chi connectivity index (χ4v) is 8.80. The number of rotatable bonds is 14. The van der Waals surface area contributed by atoms with Crippen molar-refractivity contribution in [3.05, 3.63) is 97.6 Å². The molecule has 63 heavy (non-hydrogen) atoms. The van der Waals surface area contributed by atoms with Crippen LogP contribution in [0.25, 0.3) is 22.3 Å². The molecule has 5 amide bonds. The number of aliphatic hydroxyl groups is 1. The van der Waals surface area contributed by atoms with Crippen LogP contribution in [0.15, 0.2) is 47.3 Å². The first-order valence-electron chi connectivity index (χ1n) is 20.7. The van der Waals surface area contributed by atoms with Gasteiger partial charge in [0.25, 0.3) is 5.56 Å². The number of aromatic nitrogens is 2. The smallest absolute Gasteiger partial charge is 0.342 e. The number of hydrogen-bond acceptors (Lipinski definition) is 12. The summed E-state index contributed by atoms with van der Waals surface area (Å²) in [4.78, 5) is 94.6. The summed E-state index contributed by atoms with van der Waals surface area (Å²) in [6.07, 6.45) is 1.53. The van der Waals surface area contributed by atoms with Crippen LogP contribution in [0, 0.1) is 18.7 Å². The number of halogens is 1. The van der Waals surface area contributed by atoms with Crippen LogP contribution >= 0.6 is 0 Å². The minimum Gasteiger partial charge on any atom is -0.458 e. The average molecular weight is 867 g/mol. The van der Waals surface area contributed by atoms with Crippen molar-refractivity contribution in [3.8, 4) is 11.4 Å². The third-order valence-corrected chi connectivity index (χ3v) is 12.4. The maximum Gasteiger partial charge on any atom is 0.342 e. The topological polar surface area (TPSA) is 262 Å². The molecule has 2 aromatic heterocycles. The monoisotopic (exact) mass is 866 g/mol. The van der Waals surface area contributed by atoms with Crippen molar-refractivity contribution in [2.75, 3.05) is 26.4 Å². The third-order valence-electron chi connectivity index (χ3n) is 12.4. The van der Waals surface area contributed by atoms with Crippen molar-refractivity contribution in [1.82, 2.24) is 36.1 Å². The molecule has 0 saturated heterocycles. The van der Waals surface area contributed by atoms with Gasteiger partial charge >= 0.3 is 5.97 Å². The largest absolute Gasteiger partial charge is 0.458 e. The van der Waals surface area contributed by atoms with E-state index in [2.05, 4.69) is 26.6 Å². The second kappa shape index (κ2) is 17.3. The maximum atomic E-state index is 15.3. The number of nitrogens with one attached hydrogen (secondary N) is 5. The Bertz CT molecular complexity index is 2630. The van der Waals surface area contributed by atoms with E-state index in [9.17, 15) is 38.7 Å². The van der Waals surface area contributed by atoms with E-state index in [-0.39, 0.29) is 62.5 Å². The number of carbonyl (C=O) groups is 6. The summed E-state index contributed by atoms with van der Waals surface area (Å²) >= 11 is 0. The zero-order chi connectivity index (χ0) is 44.7. The number of amides is 5. The van der Waals surface area contributed by atoms with E-state index in [1.54, 1.807) is 37.3 Å². The minimum absolute atomic E-state index is 0.115. The number of cyclic esters (lactones) is 1. The van der Waals surface area contributed by atoms with Crippen molar-refractivity contribution in [2.24, 2.45) is 11.7 Å². The average Bonchev–Trinajstić information content (AvgIpc) is 3.62. The number of nitrogens with two attached hydrogens (primary N) is 1. The molecule has 0 unspecified atom stereocenters. The molecule has 4 heterocycles. The van der Waals surface area contributed by atoms with Gasteiger partial charge in [-0.2, -0.15) is 0 Å². The lowest BCUT2D eigenvalue weighted by atomic mass is 9.79. The second-order valence-corrected chi connectivity index (χ2v) is 16.5. The second-order valence-electron chi connectivity index (χ2n) is 16.5. The summed E-state index contributed by atoms with van der Waals surface area (Å²) in [6, 6.07) is 10.4. The van der Waals surface area contributed by atoms with Gasteiger partial charge in [0.15, 0.2) is 5.60 Å². The summed E-state index contributed by atoms with van der Waals surface area (Å²) in [5, 5.41) is 25.0. The lowest BCUT2D eigenvalue weighted by molar-refractivity contribution is -0.169. The van der Waals surface area contributed by atoms with Gasteiger partial charge < -0.3 is 51.5 Å². The van der Waals surface area contributed by atoms with Crippen molar-refractivity contribution in [2.45, 2.75) is 82.9 Å². The number of pyridine rings is 2. The first-order valence-corrected chi connectivity index (χ1v) is 20.7. The molecule has 2 aliphatic heterocycles. The van der Waals surface area contributed by atoms with E-state index in [1.807, 2.05) is 6.07 Å². The number of hydrogen-bond donors (Lipinski definition) is 7. The molecule has 4 aromatic rings. The van der Waals surface area contributed by atoms with Gasteiger partial charge in [0.1, 0.15) is 25.2 Å². The summed E-state index contributed by atoms with van der Waals surface area (Å²) in [5.41, 5.74) is 7.69. The van der Waals surface area contributed by atoms with Gasteiger partial charge in [-0.1, -0.05) is 30.3 Å². The lowest BCUT2D eigenvalue weighted by Gasteiger charge is -2.36. The molecule has 3 atom stereocenters. The molecule has 1 fully saturated rings. The van der Waals surface area contributed by atoms with Crippen LogP contribution < -0.4 is 37.9 Å². The van der Waals surface area contributed by atoms with E-state index in [0.717, 1.165) is 22.1 Å². The van der Waals surface area contributed by atoms with Gasteiger partial charge in [0.2, 0.25) is 29.5 Å². The van der Waals surface area contributed by atoms with E-state index in [4.69, 9.17) is 20.2 Å². The molecule has 4 aliphatic rings. The van der Waals surface area contributed by atoms with Crippen molar-refractivity contribution in [1.29, 1.82) is 0 Å². The van der Waals surface area contributed by atoms with E-state index in [0.29, 0.717) is 53.7 Å². The van der Waals surface area contributed by atoms with Crippen molar-refractivity contribution >= 4 is 46.4 Å². The van der Waals surface area contributed by atoms with Gasteiger partial charge in [0, 0.05) is 34.9 Å². The fraction of sp³-hybridized carbons (Fsp3) is 0.409. The van der Waals surface area contributed by atoms with Crippen LogP contribution in [-0.2, 0) is 69.8 Å². The molecule has 2 aliphatic carbocycles. The maximum absolute atomic E-state index is 15.3. The highest BCUT2D eigenvalue weighted by molar-refractivity contribution is 5.95. The Morgan fingerprint density at radius 1 is 1.02 bits per heavy atom. The van der Waals surface area contributed by atoms with Gasteiger partial charge in [-0.3, -0.25) is 28.8 Å². The summed E-state index contributed by atoms with van der Waals surface area (Å²) in [6.45, 7) is 1.56. The molecule has 2 aromatic carbocycles. The lowest BCUT2D eigenvalue weighted by Crippen LogP contribution is -2.52. The summed E-state index contributed by atoms with van der Waals surface area (Å²) in [5.74, 6) is -4.19. The van der Waals surface area contributed by atoms with E-state index >= 15 is 4.39 Å². The number of nitrogens with zero attached hydrogens (tertiary/aromatic N) is 2. The fourth-order valence-electron chi connectivity index (χ4n) is 8.80. The number of aryl methyl sites for hydroxylation is 1. The Kier molecular flexibility index (Phi) is 11.8. The molecule has 8 N–H and O–H groups in total. The van der Waals surface area contributed by atoms with Crippen LogP contribution in [0.2, 0.25) is 0 Å². The SMILES string of the molecule is Cc1c(F)cc2nc3c(c4c2c1CC[C@@H]4NC(=O)C1CC(OCNC(=O)CNC(=O)[C@H](Cc2ccccc2)NC(=O)CNC(=O)CN)C1)Cn1c-3cc2c(c1=O)COC(=O)[C@@]2(C)O. The Morgan fingerprint density at radius 3 is 2.51 bits per heavy atom. The number of carbonyl (C=O) groups excluding carboxylic acids is 6. The van der Waals surface area contributed by atoms with Crippen LogP contribution in [0.3, 0.4) is 0 Å². The van der Waals surface area contributed by atoms with Crippen LogP contribution in [-0.4, -0.2) is 88.7 Å². The van der Waals surface area contributed by atoms with E-state index < -0.39 is 71.1 Å². The van der Waals surface area contributed by atoms with Crippen LogP contribution in [0.1, 0.15) is 71.2 Å². The number of ether oxygens (including phenoxy) is 2. The van der Waals surface area contributed by atoms with Gasteiger partial charge in [0.05, 0.1) is 60.8 Å². The van der Waals surface area contributed by atoms with Crippen LogP contribution in [0.4, 0.5) is 4.39 Å². The molecule has 19 heteroatoms. The highest BCUT2D eigenvalue weighted by atomic mass is 19.1. The first-order chi connectivity index (χ1) is 30.1. The van der Waals surface area contributed by atoms with E-state index in [1.165, 1.54) is 17.6 Å². The quantitative estimate of drug-likeness (QED) is 0.0576. The zero-order valence-corrected chi connectivity index (χ0v) is 34.6. The summed E-state index contributed by atoms with van der Waals surface area (Å²) in [7, 11) is 0. The van der Waals surface area contributed by atoms with Crippen molar-refractivity contribution in [3.63, 3.8) is 0 Å². The zero-order valence-electron chi connectivity index (χ0n) is 34.6. The van der Waals surface area contributed by atoms with Gasteiger partial charge in [-0.15, -0.1) is 0 Å². The molecule has 18 nitrogen and oxygen atoms in total. The molecule has 330 valence electrons. The minimum atomic E-state index is -2.06. The predicted octanol–water partition coefficient (Wildman–Crippen LogP) is 0.0280. The predicted molar refractivity (Wildman–Crippen MR) is 222 cm³/mol. The molecule has 0 bridgehead atoms. The Morgan fingerprint density at radius 2 is 1.76 bits per heavy atom. The number of benzene rings is 2. The van der Waals surface area contributed by atoms with Gasteiger partial charge in [-0.05, 0) is 67.9 Å². The normalized spacial score (nSPS) is 20.8. The Balaban J connectivity index is 0.876. The molecular formula is C44H47FN8O10. The molecular weight excluding hydrogens is 820 g/mol. The third kappa shape index (κ3) is 8.38. The number of esters is 1. The highest BCUT2D eigenvalue weighted by Gasteiger charge is 2.44. The summed E-state index contributed by atoms with van der Waals surface area (Å²) < 4.78 is 27.7. The molecule has 8 rings (SSSR count). The number of fused-ring (bicyclic) bond motifs is 5. The molecule has 1 saturated carbocycles. The Hall–Kier alpha value is -6.57. The molecule has 0 radical (unpaired) electrons. The standard InChI is InChI=1S/C44H47FN8O10/c1-21-25-8-9-30(38-26-18-53-33(39(26)51-31(37(25)38)14-29(21)45)13-28-27(42(53)59)19-62-43(60)44(28,2)61)52-40(57)23-11-24(12-23)63-20-49-35(55)16-48-41(58)32(10-22-6-4-3-5-7-22)50-36(56)17-47-34(54)15-46/h3-7,13-14,23-24,30,32,61H,8-12,15-20,46H2,1-2H3,(H,47,54)(H,48,58)(H,49,55)(H,50,56)(H,52,57)/t23?,24?,30-,32-,44-/m0/s1. The van der Waals surface area contributed by atoms with Crippen molar-refractivity contribution < 1.29 is 47.7 Å². The first kappa shape index (κ1) is 43.1. The van der Waals surface area contributed by atoms with Gasteiger partial charge in [-0.25, -0.2) is 14.2 Å². The van der Waals surface area contributed by atoms with Crippen LogP contribution in [0.5, 0.6) is 0 Å². The Labute approximate surface area is 359 Å².